The molecule has 2 aliphatic rings. The minimum absolute atomic E-state index is 0.184. The van der Waals surface area contributed by atoms with Crippen molar-refractivity contribution in [2.24, 2.45) is 5.92 Å². The lowest BCUT2D eigenvalue weighted by atomic mass is 9.63. The molecule has 2 heteroatoms. The smallest absolute Gasteiger partial charge is 0.203 e. The Bertz CT molecular complexity index is 491. The Hall–Kier alpha value is -1.38. The van der Waals surface area contributed by atoms with Gasteiger partial charge in [-0.05, 0) is 36.5 Å². The third-order valence-corrected chi connectivity index (χ3v) is 4.76. The number of hydrogen-bond acceptors (Lipinski definition) is 2. The summed E-state index contributed by atoms with van der Waals surface area (Å²) in [6.45, 7) is 0. The van der Waals surface area contributed by atoms with Crippen LogP contribution in [0.3, 0.4) is 0 Å². The standard InChI is InChI=1S/C18H22O2/c19-18(20)13-11-17(12-14-18,15-7-3-1-4-8-15)16-9-5-2-6-10-16/h1,3-4,7-8,11-14,16,19-20H,2,5-6,9-10H2. The fourth-order valence-electron chi connectivity index (χ4n) is 3.64. The van der Waals surface area contributed by atoms with E-state index in [4.69, 9.17) is 0 Å². The fourth-order valence-corrected chi connectivity index (χ4v) is 3.64. The molecular weight excluding hydrogens is 248 g/mol. The van der Waals surface area contributed by atoms with Crippen LogP contribution in [0, 0.1) is 5.92 Å². The molecule has 106 valence electrons. The summed E-state index contributed by atoms with van der Waals surface area (Å²) < 4.78 is 0. The summed E-state index contributed by atoms with van der Waals surface area (Å²) >= 11 is 0. The summed E-state index contributed by atoms with van der Waals surface area (Å²) in [6, 6.07) is 10.4. The van der Waals surface area contributed by atoms with E-state index in [1.807, 2.05) is 18.2 Å². The maximum absolute atomic E-state index is 9.73. The highest BCUT2D eigenvalue weighted by molar-refractivity contribution is 5.42. The number of benzene rings is 1. The third kappa shape index (κ3) is 2.46. The van der Waals surface area contributed by atoms with E-state index in [1.54, 1.807) is 0 Å². The topological polar surface area (TPSA) is 40.5 Å². The van der Waals surface area contributed by atoms with Crippen molar-refractivity contribution >= 4 is 0 Å². The molecule has 0 heterocycles. The van der Waals surface area contributed by atoms with Crippen LogP contribution in [-0.2, 0) is 5.41 Å². The number of hydrogen-bond donors (Lipinski definition) is 2. The first-order valence-electron chi connectivity index (χ1n) is 7.53. The molecule has 20 heavy (non-hydrogen) atoms. The van der Waals surface area contributed by atoms with Crippen LogP contribution in [0.5, 0.6) is 0 Å². The van der Waals surface area contributed by atoms with Crippen molar-refractivity contribution in [3.63, 3.8) is 0 Å². The molecule has 0 saturated heterocycles. The summed E-state index contributed by atoms with van der Waals surface area (Å²) in [4.78, 5) is 0. The van der Waals surface area contributed by atoms with Crippen LogP contribution in [0.15, 0.2) is 54.6 Å². The van der Waals surface area contributed by atoms with Gasteiger partial charge in [0.25, 0.3) is 0 Å². The SMILES string of the molecule is OC1(O)C=CC(c2ccccc2)(C2CCCCC2)C=C1. The molecule has 0 spiro atoms. The fraction of sp³-hybridized carbons (Fsp3) is 0.444. The van der Waals surface area contributed by atoms with Gasteiger partial charge in [0, 0.05) is 5.41 Å². The zero-order chi connectivity index (χ0) is 14.1. The lowest BCUT2D eigenvalue weighted by Crippen LogP contribution is -2.38. The molecule has 2 N–H and O–H groups in total. The lowest BCUT2D eigenvalue weighted by molar-refractivity contribution is -0.0766. The van der Waals surface area contributed by atoms with E-state index < -0.39 is 5.79 Å². The van der Waals surface area contributed by atoms with Gasteiger partial charge in [-0.3, -0.25) is 0 Å². The van der Waals surface area contributed by atoms with Crippen molar-refractivity contribution in [1.29, 1.82) is 0 Å². The van der Waals surface area contributed by atoms with Crippen molar-refractivity contribution in [3.05, 3.63) is 60.2 Å². The van der Waals surface area contributed by atoms with Crippen molar-refractivity contribution in [3.8, 4) is 0 Å². The molecule has 0 bridgehead atoms. The Balaban J connectivity index is 2.02. The van der Waals surface area contributed by atoms with Gasteiger partial charge in [-0.25, -0.2) is 0 Å². The van der Waals surface area contributed by atoms with Gasteiger partial charge in [-0.1, -0.05) is 61.7 Å². The molecular formula is C18H22O2. The van der Waals surface area contributed by atoms with Crippen LogP contribution in [0.1, 0.15) is 37.7 Å². The maximum atomic E-state index is 9.73. The van der Waals surface area contributed by atoms with Crippen LogP contribution in [-0.4, -0.2) is 16.0 Å². The number of aliphatic hydroxyl groups is 2. The van der Waals surface area contributed by atoms with Crippen LogP contribution < -0.4 is 0 Å². The Morgan fingerprint density at radius 3 is 2.00 bits per heavy atom. The highest BCUT2D eigenvalue weighted by Gasteiger charge is 2.39. The van der Waals surface area contributed by atoms with Crippen molar-refractivity contribution in [2.45, 2.75) is 43.3 Å². The summed E-state index contributed by atoms with van der Waals surface area (Å²) in [7, 11) is 0. The highest BCUT2D eigenvalue weighted by atomic mass is 16.5. The molecule has 0 aromatic heterocycles. The number of rotatable bonds is 2. The molecule has 0 aliphatic heterocycles. The first kappa shape index (κ1) is 13.6. The van der Waals surface area contributed by atoms with Crippen LogP contribution in [0.25, 0.3) is 0 Å². The van der Waals surface area contributed by atoms with Crippen LogP contribution in [0.2, 0.25) is 0 Å². The second-order valence-electron chi connectivity index (χ2n) is 6.08. The van der Waals surface area contributed by atoms with Gasteiger partial charge in [0.15, 0.2) is 0 Å². The molecule has 1 saturated carbocycles. The first-order chi connectivity index (χ1) is 9.62. The average Bonchev–Trinajstić information content (AvgIpc) is 2.50. The summed E-state index contributed by atoms with van der Waals surface area (Å²) in [5, 5.41) is 19.5. The molecule has 0 radical (unpaired) electrons. The summed E-state index contributed by atoms with van der Waals surface area (Å²) in [6.07, 6.45) is 13.3. The molecule has 3 rings (SSSR count). The predicted octanol–water partition coefficient (Wildman–Crippen LogP) is 3.31. The van der Waals surface area contributed by atoms with Gasteiger partial charge in [0.05, 0.1) is 0 Å². The summed E-state index contributed by atoms with van der Waals surface area (Å²) in [5.74, 6) is -1.25. The predicted molar refractivity (Wildman–Crippen MR) is 80.1 cm³/mol. The van der Waals surface area contributed by atoms with Gasteiger partial charge in [0.1, 0.15) is 0 Å². The normalized spacial score (nSPS) is 24.7. The van der Waals surface area contributed by atoms with Crippen molar-refractivity contribution < 1.29 is 10.2 Å². The molecule has 0 amide bonds. The first-order valence-corrected chi connectivity index (χ1v) is 7.53. The average molecular weight is 270 g/mol. The van der Waals surface area contributed by atoms with E-state index in [0.29, 0.717) is 5.92 Å². The van der Waals surface area contributed by atoms with Crippen LogP contribution >= 0.6 is 0 Å². The molecule has 2 nitrogen and oxygen atoms in total. The lowest BCUT2D eigenvalue weighted by Gasteiger charge is -2.41. The van der Waals surface area contributed by atoms with Gasteiger partial charge >= 0.3 is 0 Å². The van der Waals surface area contributed by atoms with Gasteiger partial charge in [-0.2, -0.15) is 0 Å². The second-order valence-corrected chi connectivity index (χ2v) is 6.08. The Morgan fingerprint density at radius 1 is 0.800 bits per heavy atom. The van der Waals surface area contributed by atoms with E-state index in [0.717, 1.165) is 0 Å². The molecule has 2 aliphatic carbocycles. The minimum Gasteiger partial charge on any atom is -0.359 e. The van der Waals surface area contributed by atoms with E-state index in [1.165, 1.54) is 49.8 Å². The zero-order valence-corrected chi connectivity index (χ0v) is 11.7. The maximum Gasteiger partial charge on any atom is 0.203 e. The van der Waals surface area contributed by atoms with Crippen LogP contribution in [0.4, 0.5) is 0 Å². The Labute approximate surface area is 120 Å². The van der Waals surface area contributed by atoms with Crippen molar-refractivity contribution in [1.82, 2.24) is 0 Å². The minimum atomic E-state index is -1.80. The largest absolute Gasteiger partial charge is 0.359 e. The van der Waals surface area contributed by atoms with Crippen molar-refractivity contribution in [2.75, 3.05) is 0 Å². The monoisotopic (exact) mass is 270 g/mol. The molecule has 1 fully saturated rings. The molecule has 0 unspecified atom stereocenters. The highest BCUT2D eigenvalue weighted by Crippen LogP contribution is 2.45. The summed E-state index contributed by atoms with van der Waals surface area (Å²) in [5.41, 5.74) is 1.06. The molecule has 1 aromatic rings. The van der Waals surface area contributed by atoms with Gasteiger partial charge in [0.2, 0.25) is 5.79 Å². The Morgan fingerprint density at radius 2 is 1.40 bits per heavy atom. The number of allylic oxidation sites excluding steroid dienone is 2. The third-order valence-electron chi connectivity index (χ3n) is 4.76. The Kier molecular flexibility index (Phi) is 3.53. The zero-order valence-electron chi connectivity index (χ0n) is 11.7. The molecule has 1 aromatic carbocycles. The van der Waals surface area contributed by atoms with E-state index in [-0.39, 0.29) is 5.41 Å². The van der Waals surface area contributed by atoms with Gasteiger partial charge < -0.3 is 10.2 Å². The van der Waals surface area contributed by atoms with E-state index >= 15 is 0 Å². The van der Waals surface area contributed by atoms with E-state index in [2.05, 4.69) is 24.3 Å². The van der Waals surface area contributed by atoms with Gasteiger partial charge in [-0.15, -0.1) is 0 Å². The quantitative estimate of drug-likeness (QED) is 0.639. The molecule has 0 atom stereocenters. The second kappa shape index (κ2) is 5.19. The van der Waals surface area contributed by atoms with E-state index in [9.17, 15) is 10.2 Å².